The zero-order chi connectivity index (χ0) is 21.5. The molecule has 0 fully saturated rings. The fraction of sp³-hybridized carbons (Fsp3) is 0.174. The number of hydrogen-bond acceptors (Lipinski definition) is 7. The summed E-state index contributed by atoms with van der Waals surface area (Å²) in [5, 5.41) is 12.0. The molecule has 0 radical (unpaired) electrons. The van der Waals surface area contributed by atoms with Crippen LogP contribution in [-0.2, 0) is 29.1 Å². The number of carbonyl (C=O) groups excluding carboxylic acids is 1. The Morgan fingerprint density at radius 1 is 1.10 bits per heavy atom. The van der Waals surface area contributed by atoms with Crippen molar-refractivity contribution in [3.63, 3.8) is 0 Å². The van der Waals surface area contributed by atoms with E-state index < -0.39 is 5.97 Å². The number of nitrogens with zero attached hydrogens (tertiary/aromatic N) is 5. The number of esters is 1. The number of aromatic nitrogens is 5. The molecule has 0 N–H and O–H groups in total. The number of benzene rings is 2. The number of ether oxygens (including phenoxy) is 1. The van der Waals surface area contributed by atoms with Crippen LogP contribution in [0.3, 0.4) is 0 Å². The molecule has 0 bridgehead atoms. The van der Waals surface area contributed by atoms with Gasteiger partial charge in [-0.2, -0.15) is 4.98 Å². The lowest BCUT2D eigenvalue weighted by atomic mass is 10.1. The molecule has 0 saturated heterocycles. The van der Waals surface area contributed by atoms with Crippen LogP contribution in [0.5, 0.6) is 0 Å². The summed E-state index contributed by atoms with van der Waals surface area (Å²) in [4.78, 5) is 16.2. The van der Waals surface area contributed by atoms with E-state index in [2.05, 4.69) is 27.4 Å². The van der Waals surface area contributed by atoms with Crippen LogP contribution < -0.4 is 0 Å². The highest BCUT2D eigenvalue weighted by Gasteiger charge is 2.10. The van der Waals surface area contributed by atoms with Gasteiger partial charge in [-0.3, -0.25) is 0 Å². The fourth-order valence-corrected chi connectivity index (χ4v) is 2.89. The minimum Gasteiger partial charge on any atom is -0.452 e. The summed E-state index contributed by atoms with van der Waals surface area (Å²) >= 11 is 0. The van der Waals surface area contributed by atoms with Crippen molar-refractivity contribution in [1.82, 2.24) is 25.1 Å². The summed E-state index contributed by atoms with van der Waals surface area (Å²) in [5.41, 5.74) is 3.75. The average Bonchev–Trinajstić information content (AvgIpc) is 3.47. The Bertz CT molecular complexity index is 1160. The van der Waals surface area contributed by atoms with Gasteiger partial charge in [-0.15, -0.1) is 5.10 Å². The summed E-state index contributed by atoms with van der Waals surface area (Å²) in [6.45, 7) is 2.59. The summed E-state index contributed by atoms with van der Waals surface area (Å²) < 4.78 is 12.0. The molecule has 2 aromatic carbocycles. The van der Waals surface area contributed by atoms with Crippen molar-refractivity contribution in [3.8, 4) is 11.4 Å². The summed E-state index contributed by atoms with van der Waals surface area (Å²) in [7, 11) is 0. The Morgan fingerprint density at radius 3 is 2.68 bits per heavy atom. The van der Waals surface area contributed by atoms with Crippen molar-refractivity contribution in [2.45, 2.75) is 26.5 Å². The third-order valence-corrected chi connectivity index (χ3v) is 4.56. The van der Waals surface area contributed by atoms with Crippen LogP contribution in [0, 0.1) is 0 Å². The van der Waals surface area contributed by atoms with E-state index >= 15 is 0 Å². The van der Waals surface area contributed by atoms with Gasteiger partial charge in [-0.05, 0) is 23.6 Å². The molecule has 0 amide bonds. The molecule has 2 aromatic heterocycles. The third-order valence-electron chi connectivity index (χ3n) is 4.56. The maximum absolute atomic E-state index is 12.0. The molecule has 0 spiro atoms. The van der Waals surface area contributed by atoms with Crippen LogP contribution in [0.1, 0.15) is 29.6 Å². The Kier molecular flexibility index (Phi) is 6.27. The highest BCUT2D eigenvalue weighted by molar-refractivity contribution is 5.86. The second-order valence-electron chi connectivity index (χ2n) is 6.83. The first kappa shape index (κ1) is 20.2. The molecule has 0 atom stereocenters. The van der Waals surface area contributed by atoms with E-state index in [1.54, 1.807) is 17.0 Å². The van der Waals surface area contributed by atoms with E-state index in [1.807, 2.05) is 54.6 Å². The molecular weight excluding hydrogens is 394 g/mol. The second-order valence-corrected chi connectivity index (χ2v) is 6.83. The maximum Gasteiger partial charge on any atom is 0.331 e. The van der Waals surface area contributed by atoms with Gasteiger partial charge in [0.1, 0.15) is 5.69 Å². The number of rotatable bonds is 8. The van der Waals surface area contributed by atoms with Gasteiger partial charge in [0, 0.05) is 11.6 Å². The molecule has 8 nitrogen and oxygen atoms in total. The van der Waals surface area contributed by atoms with E-state index in [-0.39, 0.29) is 12.5 Å². The number of carbonyl (C=O) groups is 1. The van der Waals surface area contributed by atoms with Gasteiger partial charge >= 0.3 is 5.97 Å². The van der Waals surface area contributed by atoms with Crippen molar-refractivity contribution in [2.75, 3.05) is 0 Å². The molecule has 0 saturated carbocycles. The Balaban J connectivity index is 1.28. The van der Waals surface area contributed by atoms with Crippen molar-refractivity contribution in [2.24, 2.45) is 0 Å². The standard InChI is InChI=1S/C23H21N5O3/c1-2-17-8-10-19(11-9-17)23-24-21(31-26-23)16-30-22(29)13-12-20-15-28(27-25-20)14-18-6-4-3-5-7-18/h3-13,15H,2,14,16H2,1H3/b13-12+. The van der Waals surface area contributed by atoms with E-state index in [4.69, 9.17) is 9.26 Å². The molecule has 4 rings (SSSR count). The quantitative estimate of drug-likeness (QED) is 0.320. The lowest BCUT2D eigenvalue weighted by Crippen LogP contribution is -2.01. The van der Waals surface area contributed by atoms with Gasteiger partial charge in [0.15, 0.2) is 6.61 Å². The molecule has 156 valence electrons. The van der Waals surface area contributed by atoms with Gasteiger partial charge in [-0.25, -0.2) is 9.48 Å². The van der Waals surface area contributed by atoms with E-state index in [0.717, 1.165) is 17.5 Å². The van der Waals surface area contributed by atoms with Crippen LogP contribution >= 0.6 is 0 Å². The lowest BCUT2D eigenvalue weighted by Gasteiger charge is -1.99. The van der Waals surface area contributed by atoms with Crippen molar-refractivity contribution in [1.29, 1.82) is 0 Å². The van der Waals surface area contributed by atoms with Gasteiger partial charge < -0.3 is 9.26 Å². The highest BCUT2D eigenvalue weighted by atomic mass is 16.6. The van der Waals surface area contributed by atoms with E-state index in [9.17, 15) is 4.79 Å². The smallest absolute Gasteiger partial charge is 0.331 e. The Labute approximate surface area is 179 Å². The second kappa shape index (κ2) is 9.62. The largest absolute Gasteiger partial charge is 0.452 e. The predicted octanol–water partition coefficient (Wildman–Crippen LogP) is 3.70. The van der Waals surface area contributed by atoms with Gasteiger partial charge in [0.25, 0.3) is 5.89 Å². The van der Waals surface area contributed by atoms with E-state index in [0.29, 0.717) is 18.1 Å². The minimum atomic E-state index is -0.537. The first-order valence-electron chi connectivity index (χ1n) is 9.90. The highest BCUT2D eigenvalue weighted by Crippen LogP contribution is 2.17. The molecule has 2 heterocycles. The zero-order valence-corrected chi connectivity index (χ0v) is 17.0. The third kappa shape index (κ3) is 5.51. The average molecular weight is 415 g/mol. The van der Waals surface area contributed by atoms with Crippen LogP contribution in [0.2, 0.25) is 0 Å². The van der Waals surface area contributed by atoms with Crippen LogP contribution in [0.25, 0.3) is 17.5 Å². The maximum atomic E-state index is 12.0. The first-order valence-corrected chi connectivity index (χ1v) is 9.90. The molecule has 0 aliphatic heterocycles. The normalized spacial score (nSPS) is 11.1. The van der Waals surface area contributed by atoms with Crippen LogP contribution in [-0.4, -0.2) is 31.1 Å². The molecule has 0 aliphatic carbocycles. The van der Waals surface area contributed by atoms with Crippen LogP contribution in [0.15, 0.2) is 71.4 Å². The zero-order valence-electron chi connectivity index (χ0n) is 17.0. The van der Waals surface area contributed by atoms with Gasteiger partial charge in [-0.1, -0.05) is 71.9 Å². The Morgan fingerprint density at radius 2 is 1.90 bits per heavy atom. The van der Waals surface area contributed by atoms with Gasteiger partial charge in [0.05, 0.1) is 12.7 Å². The van der Waals surface area contributed by atoms with E-state index in [1.165, 1.54) is 11.6 Å². The predicted molar refractivity (Wildman–Crippen MR) is 114 cm³/mol. The SMILES string of the molecule is CCc1ccc(-c2noc(COC(=O)/C=C/c3cn(Cc4ccccc4)nn3)n2)cc1. The lowest BCUT2D eigenvalue weighted by molar-refractivity contribution is -0.139. The summed E-state index contributed by atoms with van der Waals surface area (Å²) in [6.07, 6.45) is 5.55. The summed E-state index contributed by atoms with van der Waals surface area (Å²) in [6, 6.07) is 17.8. The molecule has 4 aromatic rings. The minimum absolute atomic E-state index is 0.107. The monoisotopic (exact) mass is 415 g/mol. The number of aryl methyl sites for hydroxylation is 1. The first-order chi connectivity index (χ1) is 15.2. The van der Waals surface area contributed by atoms with Crippen molar-refractivity contribution >= 4 is 12.0 Å². The molecule has 8 heteroatoms. The van der Waals surface area contributed by atoms with Crippen molar-refractivity contribution in [3.05, 3.63) is 89.6 Å². The fourth-order valence-electron chi connectivity index (χ4n) is 2.89. The summed E-state index contributed by atoms with van der Waals surface area (Å²) in [5.74, 6) is 0.147. The van der Waals surface area contributed by atoms with Crippen LogP contribution in [0.4, 0.5) is 0 Å². The Hall–Kier alpha value is -4.07. The topological polar surface area (TPSA) is 95.9 Å². The number of hydrogen-bond donors (Lipinski definition) is 0. The molecule has 0 unspecified atom stereocenters. The van der Waals surface area contributed by atoms with Crippen molar-refractivity contribution < 1.29 is 14.1 Å². The molecule has 0 aliphatic rings. The molecular formula is C23H21N5O3. The van der Waals surface area contributed by atoms with Gasteiger partial charge in [0.2, 0.25) is 5.82 Å². The molecule has 31 heavy (non-hydrogen) atoms.